The molecule has 0 unspecified atom stereocenters. The average molecular weight is 591 g/mol. The van der Waals surface area contributed by atoms with Crippen molar-refractivity contribution in [3.05, 3.63) is 61.6 Å². The van der Waals surface area contributed by atoms with Gasteiger partial charge in [0.25, 0.3) is 5.56 Å². The molecule has 0 amide bonds. The van der Waals surface area contributed by atoms with E-state index in [1.165, 1.54) is 18.2 Å². The van der Waals surface area contributed by atoms with Gasteiger partial charge in [-0.1, -0.05) is 43.0 Å². The highest BCUT2D eigenvalue weighted by Gasteiger charge is 2.24. The van der Waals surface area contributed by atoms with E-state index in [9.17, 15) is 9.59 Å². The Morgan fingerprint density at radius 2 is 2.03 bits per heavy atom. The highest BCUT2D eigenvalue weighted by molar-refractivity contribution is 9.10. The van der Waals surface area contributed by atoms with Gasteiger partial charge in [0.2, 0.25) is 0 Å². The number of aromatic nitrogens is 2. The number of esters is 1. The largest absolute Gasteiger partial charge is 0.490 e. The Morgan fingerprint density at radius 1 is 1.30 bits per heavy atom. The lowest BCUT2D eigenvalue weighted by Gasteiger charge is -2.22. The third kappa shape index (κ3) is 5.83. The van der Waals surface area contributed by atoms with E-state index in [0.29, 0.717) is 39.1 Å². The Bertz CT molecular complexity index is 1380. The van der Waals surface area contributed by atoms with Gasteiger partial charge >= 0.3 is 5.97 Å². The molecular formula is C27H29BrClN3O5. The number of carbonyl (C=O) groups is 1. The summed E-state index contributed by atoms with van der Waals surface area (Å²) in [5, 5.41) is 5.31. The number of ether oxygens (including phenoxy) is 3. The van der Waals surface area contributed by atoms with E-state index in [1.807, 2.05) is 25.1 Å². The second-order valence-corrected chi connectivity index (χ2v) is 9.99. The summed E-state index contributed by atoms with van der Waals surface area (Å²) in [6.45, 7) is 3.73. The zero-order chi connectivity index (χ0) is 26.5. The predicted octanol–water partition coefficient (Wildman–Crippen LogP) is 6.08. The molecule has 0 spiro atoms. The van der Waals surface area contributed by atoms with Crippen molar-refractivity contribution in [2.24, 2.45) is 5.10 Å². The van der Waals surface area contributed by atoms with Gasteiger partial charge in [-0.05, 0) is 60.8 Å². The van der Waals surface area contributed by atoms with Crippen molar-refractivity contribution >= 4 is 50.6 Å². The first-order chi connectivity index (χ1) is 17.8. The minimum atomic E-state index is -0.895. The molecule has 0 N–H and O–H groups in total. The van der Waals surface area contributed by atoms with Crippen molar-refractivity contribution < 1.29 is 19.0 Å². The Kier molecular flexibility index (Phi) is 8.87. The van der Waals surface area contributed by atoms with E-state index in [1.54, 1.807) is 25.3 Å². The Morgan fingerprint density at radius 3 is 2.73 bits per heavy atom. The van der Waals surface area contributed by atoms with Crippen LogP contribution in [0, 0.1) is 0 Å². The van der Waals surface area contributed by atoms with Crippen LogP contribution in [-0.2, 0) is 9.53 Å². The second kappa shape index (κ2) is 12.1. The smallest absolute Gasteiger partial charge is 0.346 e. The maximum atomic E-state index is 13.5. The molecule has 196 valence electrons. The SMILES string of the molecule is CCOc1cc(C=Nn2c(C3CCCCC3)nc3ccccc3c2=O)c(Br)c(Cl)c1O[C@H](C)C(=O)OC. The molecule has 1 saturated carbocycles. The van der Waals surface area contributed by atoms with Crippen LogP contribution >= 0.6 is 27.5 Å². The molecule has 4 rings (SSSR count). The Labute approximate surface area is 228 Å². The van der Waals surface area contributed by atoms with E-state index in [4.69, 9.17) is 30.8 Å². The lowest BCUT2D eigenvalue weighted by atomic mass is 9.88. The zero-order valence-electron chi connectivity index (χ0n) is 21.0. The molecule has 0 radical (unpaired) electrons. The standard InChI is InChI=1S/C27H29BrClN3O5/c1-4-36-21-14-18(22(28)23(29)24(21)37-16(2)27(34)35-3)15-30-32-25(17-10-6-5-7-11-17)31-20-13-9-8-12-19(20)26(32)33/h8-9,12-17H,4-7,10-11H2,1-3H3/t16-/m1/s1. The van der Waals surface area contributed by atoms with Crippen molar-refractivity contribution in [1.29, 1.82) is 0 Å². The van der Waals surface area contributed by atoms with Gasteiger partial charge in [0.1, 0.15) is 10.8 Å². The average Bonchev–Trinajstić information content (AvgIpc) is 2.92. The molecule has 0 aliphatic heterocycles. The van der Waals surface area contributed by atoms with Gasteiger partial charge in [0, 0.05) is 16.0 Å². The van der Waals surface area contributed by atoms with Crippen LogP contribution in [0.4, 0.5) is 0 Å². The van der Waals surface area contributed by atoms with E-state index < -0.39 is 12.1 Å². The molecule has 1 aromatic heterocycles. The number of para-hydroxylation sites is 1. The second-order valence-electron chi connectivity index (χ2n) is 8.82. The molecule has 3 aromatic rings. The summed E-state index contributed by atoms with van der Waals surface area (Å²) in [4.78, 5) is 30.2. The molecule has 1 heterocycles. The first kappa shape index (κ1) is 27.1. The molecule has 8 nitrogen and oxygen atoms in total. The topological polar surface area (TPSA) is 92.0 Å². The third-order valence-electron chi connectivity index (χ3n) is 6.34. The van der Waals surface area contributed by atoms with E-state index in [-0.39, 0.29) is 22.2 Å². The fourth-order valence-electron chi connectivity index (χ4n) is 4.46. The molecule has 10 heteroatoms. The van der Waals surface area contributed by atoms with Crippen LogP contribution in [0.2, 0.25) is 5.02 Å². The van der Waals surface area contributed by atoms with Crippen molar-refractivity contribution in [1.82, 2.24) is 9.66 Å². The van der Waals surface area contributed by atoms with Gasteiger partial charge in [-0.25, -0.2) is 9.78 Å². The van der Waals surface area contributed by atoms with Crippen molar-refractivity contribution in [2.45, 2.75) is 58.0 Å². The number of rotatable bonds is 8. The van der Waals surface area contributed by atoms with E-state index in [2.05, 4.69) is 21.0 Å². The highest BCUT2D eigenvalue weighted by atomic mass is 79.9. The van der Waals surface area contributed by atoms with Crippen LogP contribution in [0.5, 0.6) is 11.5 Å². The van der Waals surface area contributed by atoms with Crippen LogP contribution in [0.3, 0.4) is 0 Å². The number of methoxy groups -OCH3 is 1. The summed E-state index contributed by atoms with van der Waals surface area (Å²) in [5.41, 5.74) is 1.02. The summed E-state index contributed by atoms with van der Waals surface area (Å²) >= 11 is 10.1. The Balaban J connectivity index is 1.80. The highest BCUT2D eigenvalue weighted by Crippen LogP contribution is 2.43. The number of fused-ring (bicyclic) bond motifs is 1. The zero-order valence-corrected chi connectivity index (χ0v) is 23.3. The normalized spacial score (nSPS) is 15.2. The monoisotopic (exact) mass is 589 g/mol. The molecule has 1 aliphatic carbocycles. The van der Waals surface area contributed by atoms with Gasteiger partial charge in [-0.15, -0.1) is 0 Å². The summed E-state index contributed by atoms with van der Waals surface area (Å²) < 4.78 is 18.2. The molecule has 1 fully saturated rings. The van der Waals surface area contributed by atoms with Crippen molar-refractivity contribution in [3.8, 4) is 11.5 Å². The first-order valence-corrected chi connectivity index (χ1v) is 13.5. The fourth-order valence-corrected chi connectivity index (χ4v) is 5.10. The number of nitrogens with zero attached hydrogens (tertiary/aromatic N) is 3. The number of carbonyl (C=O) groups excluding carboxylic acids is 1. The lowest BCUT2D eigenvalue weighted by molar-refractivity contribution is -0.147. The molecule has 37 heavy (non-hydrogen) atoms. The van der Waals surface area contributed by atoms with Crippen molar-refractivity contribution in [3.63, 3.8) is 0 Å². The maximum Gasteiger partial charge on any atom is 0.346 e. The fraction of sp³-hybridized carbons (Fsp3) is 0.407. The van der Waals surface area contributed by atoms with E-state index >= 15 is 0 Å². The number of hydrogen-bond acceptors (Lipinski definition) is 7. The number of benzene rings is 2. The number of halogens is 2. The molecular weight excluding hydrogens is 562 g/mol. The quantitative estimate of drug-likeness (QED) is 0.233. The summed E-state index contributed by atoms with van der Waals surface area (Å²) in [6.07, 6.45) is 5.97. The molecule has 0 saturated heterocycles. The van der Waals surface area contributed by atoms with Gasteiger partial charge in [0.05, 0.1) is 30.8 Å². The van der Waals surface area contributed by atoms with Gasteiger partial charge in [0.15, 0.2) is 17.6 Å². The molecule has 0 bridgehead atoms. The molecule has 1 atom stereocenters. The van der Waals surface area contributed by atoms with Crippen LogP contribution in [0.1, 0.15) is 63.3 Å². The Hall–Kier alpha value is -2.91. The minimum Gasteiger partial charge on any atom is -0.490 e. The van der Waals surface area contributed by atoms with Gasteiger partial charge in [-0.3, -0.25) is 4.79 Å². The van der Waals surface area contributed by atoms with E-state index in [0.717, 1.165) is 25.7 Å². The summed E-state index contributed by atoms with van der Waals surface area (Å²) in [6, 6.07) is 9.01. The minimum absolute atomic E-state index is 0.157. The number of hydrogen-bond donors (Lipinski definition) is 0. The molecule has 2 aromatic carbocycles. The van der Waals surface area contributed by atoms with Crippen molar-refractivity contribution in [2.75, 3.05) is 13.7 Å². The van der Waals surface area contributed by atoms with Crippen LogP contribution in [-0.4, -0.2) is 41.7 Å². The van der Waals surface area contributed by atoms with Crippen LogP contribution in [0.15, 0.2) is 44.7 Å². The van der Waals surface area contributed by atoms with Crippen LogP contribution < -0.4 is 15.0 Å². The third-order valence-corrected chi connectivity index (χ3v) is 7.79. The van der Waals surface area contributed by atoms with Crippen LogP contribution in [0.25, 0.3) is 10.9 Å². The predicted molar refractivity (Wildman–Crippen MR) is 147 cm³/mol. The maximum absolute atomic E-state index is 13.5. The summed E-state index contributed by atoms with van der Waals surface area (Å²) in [5.74, 6) is 0.824. The lowest BCUT2D eigenvalue weighted by Crippen LogP contribution is -2.25. The van der Waals surface area contributed by atoms with Gasteiger partial charge < -0.3 is 14.2 Å². The first-order valence-electron chi connectivity index (χ1n) is 12.3. The molecule has 1 aliphatic rings. The van der Waals surface area contributed by atoms with Gasteiger partial charge in [-0.2, -0.15) is 9.78 Å². The summed E-state index contributed by atoms with van der Waals surface area (Å²) in [7, 11) is 1.29.